The number of alkyl halides is 2. The maximum atomic E-state index is 14.0. The number of carbonyl (C=O) groups is 3. The van der Waals surface area contributed by atoms with E-state index >= 15 is 0 Å². The van der Waals surface area contributed by atoms with Crippen LogP contribution >= 0.6 is 11.8 Å². The van der Waals surface area contributed by atoms with Crippen molar-refractivity contribution in [3.8, 4) is 11.1 Å². The lowest BCUT2D eigenvalue weighted by atomic mass is 9.98. The zero-order valence-corrected chi connectivity index (χ0v) is 17.8. The molecule has 0 heterocycles. The second-order valence-corrected chi connectivity index (χ2v) is 8.19. The molecular weight excluding hydrogens is 442 g/mol. The molecule has 0 saturated carbocycles. The summed E-state index contributed by atoms with van der Waals surface area (Å²) in [5.74, 6) is -6.63. The first-order chi connectivity index (χ1) is 15.3. The molecule has 3 rings (SSSR count). The molecule has 32 heavy (non-hydrogen) atoms. The number of carbonyl (C=O) groups excluding carboxylic acids is 2. The van der Waals surface area contributed by atoms with Crippen molar-refractivity contribution in [3.63, 3.8) is 0 Å². The molecule has 2 aromatic rings. The Morgan fingerprint density at radius 3 is 2.19 bits per heavy atom. The molecule has 0 bridgehead atoms. The van der Waals surface area contributed by atoms with Crippen LogP contribution in [0, 0.1) is 0 Å². The summed E-state index contributed by atoms with van der Waals surface area (Å²) in [6.07, 6.45) is -1.05. The average molecular weight is 464 g/mol. The maximum Gasteiger partial charge on any atom is 0.407 e. The number of alkyl carbamates (subject to hydrolysis) is 1. The smallest absolute Gasteiger partial charge is 0.407 e. The van der Waals surface area contributed by atoms with E-state index in [4.69, 9.17) is 9.84 Å². The molecule has 1 aliphatic rings. The number of hydrogen-bond acceptors (Lipinski definition) is 5. The summed E-state index contributed by atoms with van der Waals surface area (Å²) in [6.45, 7) is -1.35. The first-order valence-electron chi connectivity index (χ1n) is 9.84. The molecule has 2 aromatic carbocycles. The van der Waals surface area contributed by atoms with Gasteiger partial charge in [-0.1, -0.05) is 48.5 Å². The van der Waals surface area contributed by atoms with Crippen molar-refractivity contribution in [2.24, 2.45) is 0 Å². The number of amides is 2. The van der Waals surface area contributed by atoms with E-state index in [-0.39, 0.29) is 30.6 Å². The number of nitrogens with one attached hydrogen (secondary N) is 2. The molecule has 1 aliphatic carbocycles. The molecule has 0 aliphatic heterocycles. The fourth-order valence-corrected chi connectivity index (χ4v) is 4.00. The summed E-state index contributed by atoms with van der Waals surface area (Å²) >= 11 is 0.992. The minimum atomic E-state index is -3.83. The Morgan fingerprint density at radius 2 is 1.59 bits per heavy atom. The molecule has 0 atom stereocenters. The number of rotatable bonds is 10. The fraction of sp³-hybridized carbons (Fsp3) is 0.318. The Morgan fingerprint density at radius 1 is 1.00 bits per heavy atom. The van der Waals surface area contributed by atoms with Gasteiger partial charge in [-0.3, -0.25) is 9.59 Å². The number of halogens is 2. The predicted molar refractivity (Wildman–Crippen MR) is 116 cm³/mol. The lowest BCUT2D eigenvalue weighted by Crippen LogP contribution is -2.48. The van der Waals surface area contributed by atoms with Crippen molar-refractivity contribution in [1.29, 1.82) is 0 Å². The quantitative estimate of drug-likeness (QED) is 0.467. The number of carboxylic acids is 1. The average Bonchev–Trinajstić information content (AvgIpc) is 3.09. The molecule has 170 valence electrons. The van der Waals surface area contributed by atoms with E-state index in [1.54, 1.807) is 0 Å². The van der Waals surface area contributed by atoms with Crippen molar-refractivity contribution in [2.75, 3.05) is 31.2 Å². The highest BCUT2D eigenvalue weighted by molar-refractivity contribution is 7.99. The van der Waals surface area contributed by atoms with Crippen LogP contribution in [0.2, 0.25) is 0 Å². The summed E-state index contributed by atoms with van der Waals surface area (Å²) < 4.78 is 33.1. The summed E-state index contributed by atoms with van der Waals surface area (Å²) in [5, 5.41) is 12.5. The predicted octanol–water partition coefficient (Wildman–Crippen LogP) is 3.09. The van der Waals surface area contributed by atoms with Gasteiger partial charge in [0.1, 0.15) is 6.61 Å². The largest absolute Gasteiger partial charge is 0.481 e. The first kappa shape index (κ1) is 23.5. The summed E-state index contributed by atoms with van der Waals surface area (Å²) in [4.78, 5) is 34.0. The van der Waals surface area contributed by atoms with Crippen LogP contribution in [0.4, 0.5) is 13.6 Å². The van der Waals surface area contributed by atoms with Gasteiger partial charge in [-0.15, -0.1) is 11.8 Å². The van der Waals surface area contributed by atoms with Gasteiger partial charge in [0.15, 0.2) is 0 Å². The van der Waals surface area contributed by atoms with Crippen LogP contribution in [0.5, 0.6) is 0 Å². The van der Waals surface area contributed by atoms with Crippen LogP contribution in [-0.4, -0.2) is 60.2 Å². The van der Waals surface area contributed by atoms with Crippen molar-refractivity contribution >= 4 is 29.7 Å². The van der Waals surface area contributed by atoms with E-state index < -0.39 is 30.4 Å². The van der Waals surface area contributed by atoms with E-state index in [0.29, 0.717) is 0 Å². The minimum absolute atomic E-state index is 0.0293. The van der Waals surface area contributed by atoms with Gasteiger partial charge in [-0.05, 0) is 22.3 Å². The lowest BCUT2D eigenvalue weighted by Gasteiger charge is -2.18. The first-order valence-corrected chi connectivity index (χ1v) is 11.0. The molecule has 0 unspecified atom stereocenters. The molecule has 0 aromatic heterocycles. The summed E-state index contributed by atoms with van der Waals surface area (Å²) in [5.41, 5.74) is 4.07. The van der Waals surface area contributed by atoms with Gasteiger partial charge >= 0.3 is 18.0 Å². The van der Waals surface area contributed by atoms with Crippen molar-refractivity contribution in [1.82, 2.24) is 10.6 Å². The number of ether oxygens (including phenoxy) is 1. The summed E-state index contributed by atoms with van der Waals surface area (Å²) in [6, 6.07) is 15.4. The highest BCUT2D eigenvalue weighted by Gasteiger charge is 2.39. The van der Waals surface area contributed by atoms with Gasteiger partial charge in [0.25, 0.3) is 5.91 Å². The standard InChI is InChI=1S/C22H22F2N2O5S/c23-22(24,20(29)25-9-10-32-12-19(27)28)13-26-21(30)31-11-18-16-7-3-1-5-14(16)15-6-2-4-8-17(15)18/h1-8,18H,9-13H2,(H,25,29)(H,26,30)(H,27,28). The molecule has 3 N–H and O–H groups in total. The van der Waals surface area contributed by atoms with E-state index in [1.165, 1.54) is 0 Å². The molecule has 2 amide bonds. The second-order valence-electron chi connectivity index (χ2n) is 7.09. The molecule has 7 nitrogen and oxygen atoms in total. The van der Waals surface area contributed by atoms with Gasteiger partial charge in [0.05, 0.1) is 12.3 Å². The zero-order valence-electron chi connectivity index (χ0n) is 17.0. The molecule has 0 fully saturated rings. The minimum Gasteiger partial charge on any atom is -0.481 e. The maximum absolute atomic E-state index is 14.0. The van der Waals surface area contributed by atoms with Crippen molar-refractivity contribution in [3.05, 3.63) is 59.7 Å². The third-order valence-corrected chi connectivity index (χ3v) is 5.83. The second kappa shape index (κ2) is 10.4. The molecule has 0 radical (unpaired) electrons. The Labute approximate surface area is 187 Å². The van der Waals surface area contributed by atoms with Gasteiger partial charge < -0.3 is 20.5 Å². The van der Waals surface area contributed by atoms with Crippen molar-refractivity contribution in [2.45, 2.75) is 11.8 Å². The van der Waals surface area contributed by atoms with Crippen LogP contribution in [-0.2, 0) is 14.3 Å². The lowest BCUT2D eigenvalue weighted by molar-refractivity contribution is -0.144. The number of carboxylic acid groups (broad SMARTS) is 1. The Hall–Kier alpha value is -3.14. The van der Waals surface area contributed by atoms with E-state index in [1.807, 2.05) is 59.2 Å². The third-order valence-electron chi connectivity index (χ3n) is 4.89. The molecular formula is C22H22F2N2O5S. The van der Waals surface area contributed by atoms with Crippen LogP contribution in [0.3, 0.4) is 0 Å². The molecule has 0 spiro atoms. The normalized spacial score (nSPS) is 12.6. The number of hydrogen-bond donors (Lipinski definition) is 3. The molecule has 0 saturated heterocycles. The Kier molecular flexibility index (Phi) is 7.68. The van der Waals surface area contributed by atoms with Crippen molar-refractivity contribution < 1.29 is 33.0 Å². The van der Waals surface area contributed by atoms with Gasteiger partial charge in [0, 0.05) is 18.2 Å². The van der Waals surface area contributed by atoms with E-state index in [0.717, 1.165) is 34.0 Å². The van der Waals surface area contributed by atoms with Crippen LogP contribution < -0.4 is 10.6 Å². The zero-order chi connectivity index (χ0) is 23.1. The van der Waals surface area contributed by atoms with Crippen LogP contribution in [0.1, 0.15) is 17.0 Å². The highest BCUT2D eigenvalue weighted by Crippen LogP contribution is 2.44. The third kappa shape index (κ3) is 5.76. The number of benzene rings is 2. The Bertz CT molecular complexity index is 956. The van der Waals surface area contributed by atoms with E-state index in [9.17, 15) is 23.2 Å². The van der Waals surface area contributed by atoms with Crippen LogP contribution in [0.15, 0.2) is 48.5 Å². The Balaban J connectivity index is 1.47. The fourth-order valence-electron chi connectivity index (χ4n) is 3.44. The van der Waals surface area contributed by atoms with Gasteiger partial charge in [-0.25, -0.2) is 4.79 Å². The van der Waals surface area contributed by atoms with Gasteiger partial charge in [-0.2, -0.15) is 8.78 Å². The van der Waals surface area contributed by atoms with E-state index in [2.05, 4.69) is 0 Å². The molecule has 10 heteroatoms. The topological polar surface area (TPSA) is 105 Å². The number of aliphatic carboxylic acids is 1. The number of fused-ring (bicyclic) bond motifs is 3. The number of thioether (sulfide) groups is 1. The highest BCUT2D eigenvalue weighted by atomic mass is 32.2. The van der Waals surface area contributed by atoms with Crippen LogP contribution in [0.25, 0.3) is 11.1 Å². The SMILES string of the molecule is O=C(O)CSCCNC(=O)C(F)(F)CNC(=O)OCC1c2ccccc2-c2ccccc21. The van der Waals surface area contributed by atoms with Gasteiger partial charge in [0.2, 0.25) is 0 Å². The monoisotopic (exact) mass is 464 g/mol. The summed E-state index contributed by atoms with van der Waals surface area (Å²) in [7, 11) is 0.